The zero-order valence-corrected chi connectivity index (χ0v) is 10.4. The van der Waals surface area contributed by atoms with E-state index in [0.29, 0.717) is 10.7 Å². The van der Waals surface area contributed by atoms with Gasteiger partial charge in [-0.1, -0.05) is 37.2 Å². The number of aromatic nitrogens is 2. The SMILES string of the molecule is C.Cc1n[nH]c(C(=O)/C=C/c2ccccc2Cl)c1O. The lowest BCUT2D eigenvalue weighted by Gasteiger charge is -1.96. The molecule has 0 amide bonds. The number of nitrogens with one attached hydrogen (secondary N) is 1. The number of aromatic amines is 1. The van der Waals surface area contributed by atoms with E-state index in [1.165, 1.54) is 6.08 Å². The monoisotopic (exact) mass is 278 g/mol. The van der Waals surface area contributed by atoms with Gasteiger partial charge in [-0.05, 0) is 30.7 Å². The molecule has 5 heteroatoms. The van der Waals surface area contributed by atoms with Crippen LogP contribution in [0.4, 0.5) is 0 Å². The molecule has 0 aliphatic rings. The van der Waals surface area contributed by atoms with Crippen LogP contribution in [0, 0.1) is 6.92 Å². The molecule has 0 fully saturated rings. The van der Waals surface area contributed by atoms with Crippen molar-refractivity contribution in [3.63, 3.8) is 0 Å². The van der Waals surface area contributed by atoms with Gasteiger partial charge in [-0.3, -0.25) is 9.89 Å². The Morgan fingerprint density at radius 1 is 1.42 bits per heavy atom. The summed E-state index contributed by atoms with van der Waals surface area (Å²) in [7, 11) is 0. The molecule has 19 heavy (non-hydrogen) atoms. The summed E-state index contributed by atoms with van der Waals surface area (Å²) in [5.41, 5.74) is 1.21. The van der Waals surface area contributed by atoms with E-state index in [0.717, 1.165) is 5.56 Å². The third kappa shape index (κ3) is 3.23. The van der Waals surface area contributed by atoms with Gasteiger partial charge in [0.15, 0.2) is 5.75 Å². The van der Waals surface area contributed by atoms with Crippen molar-refractivity contribution in [2.75, 3.05) is 0 Å². The largest absolute Gasteiger partial charge is 0.504 e. The smallest absolute Gasteiger partial charge is 0.207 e. The number of H-pyrrole nitrogens is 1. The minimum Gasteiger partial charge on any atom is -0.504 e. The number of ketones is 1. The van der Waals surface area contributed by atoms with Crippen LogP contribution in [0.15, 0.2) is 30.3 Å². The summed E-state index contributed by atoms with van der Waals surface area (Å²) < 4.78 is 0. The van der Waals surface area contributed by atoms with Crippen LogP contribution in [0.3, 0.4) is 0 Å². The molecule has 1 heterocycles. The van der Waals surface area contributed by atoms with Crippen molar-refractivity contribution in [3.8, 4) is 5.75 Å². The molecule has 0 unspecified atom stereocenters. The molecule has 0 bridgehead atoms. The van der Waals surface area contributed by atoms with Gasteiger partial charge in [0.05, 0.1) is 0 Å². The number of hydrogen-bond donors (Lipinski definition) is 2. The second-order valence-electron chi connectivity index (χ2n) is 3.75. The second-order valence-corrected chi connectivity index (χ2v) is 4.16. The maximum Gasteiger partial charge on any atom is 0.207 e. The first-order valence-corrected chi connectivity index (χ1v) is 5.68. The van der Waals surface area contributed by atoms with Crippen LogP contribution in [0.1, 0.15) is 29.2 Å². The molecule has 2 N–H and O–H groups in total. The van der Waals surface area contributed by atoms with Gasteiger partial charge < -0.3 is 5.11 Å². The van der Waals surface area contributed by atoms with Crippen molar-refractivity contribution in [3.05, 3.63) is 52.3 Å². The van der Waals surface area contributed by atoms with E-state index in [2.05, 4.69) is 10.2 Å². The Balaban J connectivity index is 0.00000180. The number of allylic oxidation sites excluding steroid dienone is 1. The fourth-order valence-corrected chi connectivity index (χ4v) is 1.66. The molecule has 1 aromatic heterocycles. The standard InChI is InChI=1S/C13H11ClN2O2.CH4/c1-8-13(18)12(16-15-8)11(17)7-6-9-4-2-3-5-10(9)14;/h2-7,18H,1H3,(H,15,16);1H4/b7-6+;. The van der Waals surface area contributed by atoms with Crippen molar-refractivity contribution in [1.29, 1.82) is 0 Å². The van der Waals surface area contributed by atoms with Crippen LogP contribution in [-0.4, -0.2) is 21.1 Å². The number of aryl methyl sites for hydroxylation is 1. The Bertz CT molecular complexity index is 618. The van der Waals surface area contributed by atoms with E-state index in [4.69, 9.17) is 11.6 Å². The van der Waals surface area contributed by atoms with Crippen LogP contribution in [-0.2, 0) is 0 Å². The van der Waals surface area contributed by atoms with Gasteiger partial charge >= 0.3 is 0 Å². The first kappa shape index (κ1) is 15.0. The zero-order valence-electron chi connectivity index (χ0n) is 9.64. The van der Waals surface area contributed by atoms with E-state index in [1.54, 1.807) is 25.1 Å². The van der Waals surface area contributed by atoms with Gasteiger partial charge in [0.1, 0.15) is 11.4 Å². The number of carbonyl (C=O) groups excluding carboxylic acids is 1. The fourth-order valence-electron chi connectivity index (χ4n) is 1.46. The third-order valence-electron chi connectivity index (χ3n) is 2.48. The van der Waals surface area contributed by atoms with Gasteiger partial charge in [0, 0.05) is 5.02 Å². The Morgan fingerprint density at radius 3 is 2.68 bits per heavy atom. The quantitative estimate of drug-likeness (QED) is 0.666. The predicted octanol–water partition coefficient (Wildman–Crippen LogP) is 3.61. The molecule has 0 aliphatic carbocycles. The highest BCUT2D eigenvalue weighted by Crippen LogP contribution is 2.20. The molecule has 0 saturated carbocycles. The highest BCUT2D eigenvalue weighted by molar-refractivity contribution is 6.32. The number of halogens is 1. The molecular formula is C14H15ClN2O2. The molecule has 0 aliphatic heterocycles. The Morgan fingerprint density at radius 2 is 2.11 bits per heavy atom. The molecule has 2 aromatic rings. The lowest BCUT2D eigenvalue weighted by molar-refractivity contribution is 0.104. The average molecular weight is 279 g/mol. The van der Waals surface area contributed by atoms with Crippen LogP contribution in [0.2, 0.25) is 5.02 Å². The fraction of sp³-hybridized carbons (Fsp3) is 0.143. The molecule has 2 rings (SSSR count). The van der Waals surface area contributed by atoms with Gasteiger partial charge in [-0.25, -0.2) is 0 Å². The van der Waals surface area contributed by atoms with Crippen molar-refractivity contribution in [2.45, 2.75) is 14.4 Å². The van der Waals surface area contributed by atoms with Gasteiger partial charge in [-0.2, -0.15) is 5.10 Å². The number of rotatable bonds is 3. The van der Waals surface area contributed by atoms with E-state index in [-0.39, 0.29) is 24.7 Å². The highest BCUT2D eigenvalue weighted by Gasteiger charge is 2.13. The maximum atomic E-state index is 11.8. The molecule has 0 saturated heterocycles. The number of nitrogens with zero attached hydrogens (tertiary/aromatic N) is 1. The van der Waals surface area contributed by atoms with Gasteiger partial charge in [0.25, 0.3) is 0 Å². The lowest BCUT2D eigenvalue weighted by atomic mass is 10.1. The van der Waals surface area contributed by atoms with Crippen molar-refractivity contribution < 1.29 is 9.90 Å². The van der Waals surface area contributed by atoms with E-state index < -0.39 is 0 Å². The van der Waals surface area contributed by atoms with Gasteiger partial charge in [-0.15, -0.1) is 0 Å². The van der Waals surface area contributed by atoms with Crippen molar-refractivity contribution in [2.24, 2.45) is 0 Å². The Labute approximate surface area is 116 Å². The molecule has 4 nitrogen and oxygen atoms in total. The van der Waals surface area contributed by atoms with Crippen molar-refractivity contribution in [1.82, 2.24) is 10.2 Å². The van der Waals surface area contributed by atoms with Crippen LogP contribution >= 0.6 is 11.6 Å². The first-order chi connectivity index (χ1) is 8.59. The molecule has 1 aromatic carbocycles. The highest BCUT2D eigenvalue weighted by atomic mass is 35.5. The summed E-state index contributed by atoms with van der Waals surface area (Å²) in [6.45, 7) is 1.61. The van der Waals surface area contributed by atoms with E-state index in [9.17, 15) is 9.90 Å². The average Bonchev–Trinajstić information content (AvgIpc) is 2.69. The minimum absolute atomic E-state index is 0. The number of carbonyl (C=O) groups is 1. The topological polar surface area (TPSA) is 66.0 Å². The predicted molar refractivity (Wildman–Crippen MR) is 76.5 cm³/mol. The molecule has 0 atom stereocenters. The number of hydrogen-bond acceptors (Lipinski definition) is 3. The Kier molecular flexibility index (Phi) is 4.89. The summed E-state index contributed by atoms with van der Waals surface area (Å²) in [5, 5.41) is 16.4. The normalized spacial score (nSPS) is 10.4. The molecule has 0 radical (unpaired) electrons. The van der Waals surface area contributed by atoms with E-state index in [1.807, 2.05) is 12.1 Å². The van der Waals surface area contributed by atoms with Crippen LogP contribution in [0.5, 0.6) is 5.75 Å². The lowest BCUT2D eigenvalue weighted by Crippen LogP contribution is -1.95. The summed E-state index contributed by atoms with van der Waals surface area (Å²) in [5.74, 6) is -0.475. The Hall–Kier alpha value is -2.07. The van der Waals surface area contributed by atoms with Gasteiger partial charge in [0.2, 0.25) is 5.78 Å². The summed E-state index contributed by atoms with van der Waals surface area (Å²) in [4.78, 5) is 11.8. The summed E-state index contributed by atoms with van der Waals surface area (Å²) in [6.07, 6.45) is 2.94. The van der Waals surface area contributed by atoms with Crippen LogP contribution in [0.25, 0.3) is 6.08 Å². The molecule has 100 valence electrons. The first-order valence-electron chi connectivity index (χ1n) is 5.30. The third-order valence-corrected chi connectivity index (χ3v) is 2.83. The number of benzene rings is 1. The van der Waals surface area contributed by atoms with Crippen LogP contribution < -0.4 is 0 Å². The summed E-state index contributed by atoms with van der Waals surface area (Å²) in [6, 6.07) is 7.17. The second kappa shape index (κ2) is 6.20. The number of aromatic hydroxyl groups is 1. The zero-order chi connectivity index (χ0) is 13.1. The van der Waals surface area contributed by atoms with E-state index >= 15 is 0 Å². The maximum absolute atomic E-state index is 11.8. The molecular weight excluding hydrogens is 264 g/mol. The molecule has 0 spiro atoms. The summed E-state index contributed by atoms with van der Waals surface area (Å²) >= 11 is 5.96. The minimum atomic E-state index is -0.354. The van der Waals surface area contributed by atoms with Crippen molar-refractivity contribution >= 4 is 23.5 Å².